The van der Waals surface area contributed by atoms with E-state index in [0.717, 1.165) is 23.2 Å². The van der Waals surface area contributed by atoms with E-state index in [1.165, 1.54) is 5.56 Å². The Morgan fingerprint density at radius 3 is 2.43 bits per heavy atom. The van der Waals surface area contributed by atoms with E-state index in [1.54, 1.807) is 0 Å². The van der Waals surface area contributed by atoms with Crippen molar-refractivity contribution in [3.8, 4) is 11.1 Å². The minimum Gasteiger partial charge on any atom is -0.395 e. The highest BCUT2D eigenvalue weighted by molar-refractivity contribution is 7.80. The molecule has 4 heteroatoms. The van der Waals surface area contributed by atoms with Gasteiger partial charge in [0.1, 0.15) is 4.99 Å². The molecule has 0 heterocycles. The van der Waals surface area contributed by atoms with E-state index in [-0.39, 0.29) is 6.61 Å². The van der Waals surface area contributed by atoms with Gasteiger partial charge in [0.15, 0.2) is 0 Å². The van der Waals surface area contributed by atoms with E-state index in [1.807, 2.05) is 31.3 Å². The van der Waals surface area contributed by atoms with Crippen molar-refractivity contribution in [3.05, 3.63) is 59.7 Å². The number of rotatable bonds is 6. The van der Waals surface area contributed by atoms with Gasteiger partial charge >= 0.3 is 0 Å². The van der Waals surface area contributed by atoms with Gasteiger partial charge < -0.3 is 10.8 Å². The molecular formula is C17H20N2OS. The van der Waals surface area contributed by atoms with Crippen LogP contribution in [0.15, 0.2) is 48.5 Å². The fourth-order valence-corrected chi connectivity index (χ4v) is 2.48. The van der Waals surface area contributed by atoms with Crippen molar-refractivity contribution in [2.45, 2.75) is 6.54 Å². The molecule has 110 valence electrons. The Balaban J connectivity index is 2.21. The fraction of sp³-hybridized carbons (Fsp3) is 0.235. The van der Waals surface area contributed by atoms with Crippen molar-refractivity contribution < 1.29 is 5.11 Å². The lowest BCUT2D eigenvalue weighted by Crippen LogP contribution is -2.21. The summed E-state index contributed by atoms with van der Waals surface area (Å²) in [6.07, 6.45) is 0. The van der Waals surface area contributed by atoms with Crippen LogP contribution in [0.25, 0.3) is 11.1 Å². The SMILES string of the molecule is CN(CCO)Cc1ccc(-c2ccccc2C(N)=S)cc1. The minimum absolute atomic E-state index is 0.176. The summed E-state index contributed by atoms with van der Waals surface area (Å²) in [5.74, 6) is 0. The third kappa shape index (κ3) is 4.11. The summed E-state index contributed by atoms with van der Waals surface area (Å²) < 4.78 is 0. The predicted molar refractivity (Wildman–Crippen MR) is 91.2 cm³/mol. The van der Waals surface area contributed by atoms with Crippen molar-refractivity contribution in [3.63, 3.8) is 0 Å². The maximum absolute atomic E-state index is 8.92. The van der Waals surface area contributed by atoms with E-state index < -0.39 is 0 Å². The number of nitrogens with two attached hydrogens (primary N) is 1. The predicted octanol–water partition coefficient (Wildman–Crippen LogP) is 2.41. The van der Waals surface area contributed by atoms with Gasteiger partial charge in [-0.05, 0) is 23.7 Å². The molecule has 2 rings (SSSR count). The van der Waals surface area contributed by atoms with Gasteiger partial charge in [-0.25, -0.2) is 0 Å². The first-order chi connectivity index (χ1) is 10.1. The zero-order chi connectivity index (χ0) is 15.2. The number of hydrogen-bond acceptors (Lipinski definition) is 3. The molecule has 0 spiro atoms. The highest BCUT2D eigenvalue weighted by Gasteiger charge is 2.07. The molecule has 2 aromatic carbocycles. The number of nitrogens with zero attached hydrogens (tertiary/aromatic N) is 1. The van der Waals surface area contributed by atoms with Crippen LogP contribution in [0.2, 0.25) is 0 Å². The fourth-order valence-electron chi connectivity index (χ4n) is 2.30. The van der Waals surface area contributed by atoms with Crippen LogP contribution >= 0.6 is 12.2 Å². The standard InChI is InChI=1S/C17H20N2OS/c1-19(10-11-20)12-13-6-8-14(9-7-13)15-4-2-3-5-16(15)17(18)21/h2-9,20H,10-12H2,1H3,(H2,18,21). The lowest BCUT2D eigenvalue weighted by molar-refractivity contribution is 0.217. The molecule has 0 amide bonds. The molecule has 0 aromatic heterocycles. The summed E-state index contributed by atoms with van der Waals surface area (Å²) in [5, 5.41) is 8.92. The number of thiocarbonyl (C=S) groups is 1. The average Bonchev–Trinajstić information content (AvgIpc) is 2.48. The zero-order valence-electron chi connectivity index (χ0n) is 12.1. The molecule has 0 bridgehead atoms. The quantitative estimate of drug-likeness (QED) is 0.804. The Kier molecular flexibility index (Phi) is 5.44. The van der Waals surface area contributed by atoms with Crippen molar-refractivity contribution >= 4 is 17.2 Å². The number of aliphatic hydroxyl groups is 1. The molecule has 0 atom stereocenters. The van der Waals surface area contributed by atoms with E-state index in [9.17, 15) is 0 Å². The molecule has 0 saturated carbocycles. The highest BCUT2D eigenvalue weighted by atomic mass is 32.1. The second kappa shape index (κ2) is 7.31. The summed E-state index contributed by atoms with van der Waals surface area (Å²) >= 11 is 5.11. The Morgan fingerprint density at radius 1 is 1.14 bits per heavy atom. The van der Waals surface area contributed by atoms with Crippen molar-refractivity contribution in [2.75, 3.05) is 20.2 Å². The van der Waals surface area contributed by atoms with Gasteiger partial charge in [-0.2, -0.15) is 0 Å². The summed E-state index contributed by atoms with van der Waals surface area (Å²) in [6, 6.07) is 16.3. The van der Waals surface area contributed by atoms with Gasteiger partial charge in [0, 0.05) is 18.7 Å². The molecule has 0 saturated heterocycles. The number of aliphatic hydroxyl groups excluding tert-OH is 1. The van der Waals surface area contributed by atoms with Crippen LogP contribution in [-0.2, 0) is 6.54 Å². The summed E-state index contributed by atoms with van der Waals surface area (Å²) in [4.78, 5) is 2.50. The number of benzene rings is 2. The van der Waals surface area contributed by atoms with Gasteiger partial charge in [-0.1, -0.05) is 60.7 Å². The Bertz CT molecular complexity index is 610. The minimum atomic E-state index is 0.176. The van der Waals surface area contributed by atoms with Crippen molar-refractivity contribution in [1.29, 1.82) is 0 Å². The topological polar surface area (TPSA) is 49.5 Å². The van der Waals surface area contributed by atoms with Crippen molar-refractivity contribution in [1.82, 2.24) is 4.90 Å². The van der Waals surface area contributed by atoms with Gasteiger partial charge in [0.25, 0.3) is 0 Å². The maximum Gasteiger partial charge on any atom is 0.104 e. The van der Waals surface area contributed by atoms with Gasteiger partial charge in [0.05, 0.1) is 6.61 Å². The van der Waals surface area contributed by atoms with Crippen LogP contribution in [0.5, 0.6) is 0 Å². The van der Waals surface area contributed by atoms with Crippen molar-refractivity contribution in [2.24, 2.45) is 5.73 Å². The average molecular weight is 300 g/mol. The first kappa shape index (κ1) is 15.6. The smallest absolute Gasteiger partial charge is 0.104 e. The highest BCUT2D eigenvalue weighted by Crippen LogP contribution is 2.24. The molecule has 21 heavy (non-hydrogen) atoms. The first-order valence-corrected chi connectivity index (χ1v) is 7.30. The van der Waals surface area contributed by atoms with E-state index in [2.05, 4.69) is 29.2 Å². The Hall–Kier alpha value is -1.75. The van der Waals surface area contributed by atoms with Crippen LogP contribution in [0.3, 0.4) is 0 Å². The Morgan fingerprint density at radius 2 is 1.81 bits per heavy atom. The Labute approximate surface area is 131 Å². The third-order valence-electron chi connectivity index (χ3n) is 3.39. The van der Waals surface area contributed by atoms with Gasteiger partial charge in [-0.3, -0.25) is 4.90 Å². The third-order valence-corrected chi connectivity index (χ3v) is 3.61. The molecule has 2 aromatic rings. The van der Waals surface area contributed by atoms with E-state index in [0.29, 0.717) is 11.5 Å². The molecule has 0 aliphatic rings. The summed E-state index contributed by atoms with van der Waals surface area (Å²) in [7, 11) is 1.99. The van der Waals surface area contributed by atoms with Crippen LogP contribution < -0.4 is 5.73 Å². The molecule has 0 aliphatic heterocycles. The van der Waals surface area contributed by atoms with E-state index in [4.69, 9.17) is 23.1 Å². The van der Waals surface area contributed by atoms with Crippen LogP contribution in [0.1, 0.15) is 11.1 Å². The molecule has 0 unspecified atom stereocenters. The summed E-state index contributed by atoms with van der Waals surface area (Å²) in [5.41, 5.74) is 10.1. The lowest BCUT2D eigenvalue weighted by Gasteiger charge is -2.15. The van der Waals surface area contributed by atoms with Crippen LogP contribution in [0.4, 0.5) is 0 Å². The number of hydrogen-bond donors (Lipinski definition) is 2. The largest absolute Gasteiger partial charge is 0.395 e. The normalized spacial score (nSPS) is 10.8. The molecule has 0 aliphatic carbocycles. The zero-order valence-corrected chi connectivity index (χ0v) is 12.9. The first-order valence-electron chi connectivity index (χ1n) is 6.89. The second-order valence-electron chi connectivity index (χ2n) is 5.07. The molecule has 3 nitrogen and oxygen atoms in total. The number of likely N-dealkylation sites (N-methyl/N-ethyl adjacent to an activating group) is 1. The molecular weight excluding hydrogens is 280 g/mol. The molecule has 0 fully saturated rings. The molecule has 3 N–H and O–H groups in total. The van der Waals surface area contributed by atoms with Gasteiger partial charge in [0.2, 0.25) is 0 Å². The van der Waals surface area contributed by atoms with Crippen LogP contribution in [-0.4, -0.2) is 35.2 Å². The van der Waals surface area contributed by atoms with Crippen LogP contribution in [0, 0.1) is 0 Å². The van der Waals surface area contributed by atoms with Gasteiger partial charge in [-0.15, -0.1) is 0 Å². The van der Waals surface area contributed by atoms with E-state index >= 15 is 0 Å². The second-order valence-corrected chi connectivity index (χ2v) is 5.51. The maximum atomic E-state index is 8.92. The summed E-state index contributed by atoms with van der Waals surface area (Å²) in [6.45, 7) is 1.67. The monoisotopic (exact) mass is 300 g/mol. The molecule has 0 radical (unpaired) electrons. The lowest BCUT2D eigenvalue weighted by atomic mass is 9.98.